The average Bonchev–Trinajstić information content (AvgIpc) is 2.36. The van der Waals surface area contributed by atoms with Gasteiger partial charge in [-0.05, 0) is 26.0 Å². The van der Waals surface area contributed by atoms with E-state index >= 15 is 0 Å². The van der Waals surface area contributed by atoms with E-state index in [4.69, 9.17) is 11.6 Å². The lowest BCUT2D eigenvalue weighted by atomic mass is 10.1. The Kier molecular flexibility index (Phi) is 3.48. The van der Waals surface area contributed by atoms with Gasteiger partial charge in [0.2, 0.25) is 0 Å². The number of aryl methyl sites for hydroxylation is 1. The number of benzene rings is 1. The van der Waals surface area contributed by atoms with Crippen LogP contribution in [0.4, 0.5) is 10.2 Å². The summed E-state index contributed by atoms with van der Waals surface area (Å²) in [4.78, 5) is 8.61. The summed E-state index contributed by atoms with van der Waals surface area (Å²) < 4.78 is 13.9. The van der Waals surface area contributed by atoms with Crippen molar-refractivity contribution in [3.05, 3.63) is 40.3 Å². The minimum Gasteiger partial charge on any atom is -0.373 e. The molecule has 0 unspecified atom stereocenters. The Hall–Kier alpha value is -1.68. The van der Waals surface area contributed by atoms with Crippen LogP contribution < -0.4 is 5.32 Å². The summed E-state index contributed by atoms with van der Waals surface area (Å²) in [5, 5.41) is 3.04. The van der Waals surface area contributed by atoms with Gasteiger partial charge in [0, 0.05) is 18.3 Å². The van der Waals surface area contributed by atoms with Crippen molar-refractivity contribution in [2.45, 2.75) is 13.8 Å². The molecule has 1 aromatic carbocycles. The molecule has 0 amide bonds. The van der Waals surface area contributed by atoms with Crippen molar-refractivity contribution in [1.29, 1.82) is 0 Å². The molecule has 2 aromatic rings. The number of aromatic nitrogens is 2. The number of halogens is 2. The van der Waals surface area contributed by atoms with Gasteiger partial charge in [-0.2, -0.15) is 0 Å². The van der Waals surface area contributed by atoms with Gasteiger partial charge in [0.25, 0.3) is 0 Å². The van der Waals surface area contributed by atoms with Crippen LogP contribution in [0.2, 0.25) is 5.02 Å². The summed E-state index contributed by atoms with van der Waals surface area (Å²) >= 11 is 5.76. The van der Waals surface area contributed by atoms with Gasteiger partial charge in [-0.15, -0.1) is 0 Å². The first-order valence-electron chi connectivity index (χ1n) is 5.52. The summed E-state index contributed by atoms with van der Waals surface area (Å²) in [5.41, 5.74) is 2.06. The molecule has 0 aliphatic rings. The minimum absolute atomic E-state index is 0.0698. The number of nitrogens with one attached hydrogen (secondary N) is 1. The molecule has 1 heterocycles. The average molecular weight is 266 g/mol. The highest BCUT2D eigenvalue weighted by Crippen LogP contribution is 2.27. The van der Waals surface area contributed by atoms with E-state index in [1.54, 1.807) is 19.2 Å². The van der Waals surface area contributed by atoms with Crippen molar-refractivity contribution in [2.75, 3.05) is 12.4 Å². The Balaban J connectivity index is 2.64. The van der Waals surface area contributed by atoms with Crippen LogP contribution in [0.15, 0.2) is 18.2 Å². The molecule has 0 radical (unpaired) electrons. The van der Waals surface area contributed by atoms with Crippen molar-refractivity contribution in [3.63, 3.8) is 0 Å². The zero-order valence-electron chi connectivity index (χ0n) is 10.4. The quantitative estimate of drug-likeness (QED) is 0.902. The van der Waals surface area contributed by atoms with E-state index in [0.717, 1.165) is 11.3 Å². The van der Waals surface area contributed by atoms with Gasteiger partial charge in [0.1, 0.15) is 5.82 Å². The Bertz CT molecular complexity index is 599. The second-order valence-electron chi connectivity index (χ2n) is 3.96. The molecule has 3 nitrogen and oxygen atoms in total. The summed E-state index contributed by atoms with van der Waals surface area (Å²) in [6.07, 6.45) is 0. The molecule has 0 bridgehead atoms. The molecular weight excluding hydrogens is 253 g/mol. The van der Waals surface area contributed by atoms with Crippen LogP contribution in [-0.4, -0.2) is 17.0 Å². The summed E-state index contributed by atoms with van der Waals surface area (Å²) in [5.74, 6) is 0.531. The van der Waals surface area contributed by atoms with Gasteiger partial charge in [-0.25, -0.2) is 14.4 Å². The second kappa shape index (κ2) is 4.90. The van der Waals surface area contributed by atoms with Gasteiger partial charge in [0.05, 0.1) is 10.6 Å². The highest BCUT2D eigenvalue weighted by atomic mass is 35.5. The molecule has 0 saturated carbocycles. The first kappa shape index (κ1) is 12.8. The molecule has 1 aromatic heterocycles. The van der Waals surface area contributed by atoms with Gasteiger partial charge in [-0.3, -0.25) is 0 Å². The van der Waals surface area contributed by atoms with Crippen LogP contribution in [0.25, 0.3) is 11.4 Å². The van der Waals surface area contributed by atoms with Gasteiger partial charge < -0.3 is 5.32 Å². The van der Waals surface area contributed by atoms with Crippen LogP contribution in [-0.2, 0) is 0 Å². The largest absolute Gasteiger partial charge is 0.373 e. The Morgan fingerprint density at radius 1 is 1.22 bits per heavy atom. The molecule has 0 atom stereocenters. The molecule has 0 aliphatic carbocycles. The monoisotopic (exact) mass is 265 g/mol. The predicted molar refractivity (Wildman–Crippen MR) is 71.5 cm³/mol. The molecule has 0 aliphatic heterocycles. The summed E-state index contributed by atoms with van der Waals surface area (Å²) in [6, 6.07) is 4.80. The number of hydrogen-bond acceptors (Lipinski definition) is 3. The highest BCUT2D eigenvalue weighted by molar-refractivity contribution is 6.31. The van der Waals surface area contributed by atoms with Gasteiger partial charge >= 0.3 is 0 Å². The fraction of sp³-hybridized carbons (Fsp3) is 0.231. The Morgan fingerprint density at radius 2 is 1.94 bits per heavy atom. The van der Waals surface area contributed by atoms with Crippen molar-refractivity contribution < 1.29 is 4.39 Å². The second-order valence-corrected chi connectivity index (χ2v) is 4.36. The lowest BCUT2D eigenvalue weighted by Gasteiger charge is -2.10. The van der Waals surface area contributed by atoms with E-state index in [9.17, 15) is 4.39 Å². The maximum Gasteiger partial charge on any atom is 0.164 e. The van der Waals surface area contributed by atoms with Crippen molar-refractivity contribution in [2.24, 2.45) is 0 Å². The topological polar surface area (TPSA) is 37.8 Å². The van der Waals surface area contributed by atoms with Crippen LogP contribution in [0.1, 0.15) is 11.3 Å². The van der Waals surface area contributed by atoms with E-state index in [0.29, 0.717) is 17.2 Å². The fourth-order valence-electron chi connectivity index (χ4n) is 1.67. The van der Waals surface area contributed by atoms with Crippen LogP contribution in [0.5, 0.6) is 0 Å². The summed E-state index contributed by atoms with van der Waals surface area (Å²) in [6.45, 7) is 3.78. The number of rotatable bonds is 2. The maximum atomic E-state index is 13.9. The van der Waals surface area contributed by atoms with Crippen molar-refractivity contribution in [3.8, 4) is 11.4 Å². The zero-order chi connectivity index (χ0) is 13.3. The van der Waals surface area contributed by atoms with Crippen LogP contribution in [0, 0.1) is 19.7 Å². The molecule has 0 spiro atoms. The third-order valence-corrected chi connectivity index (χ3v) is 3.11. The van der Waals surface area contributed by atoms with Crippen molar-refractivity contribution in [1.82, 2.24) is 9.97 Å². The molecule has 2 rings (SSSR count). The highest BCUT2D eigenvalue weighted by Gasteiger charge is 2.14. The zero-order valence-corrected chi connectivity index (χ0v) is 11.1. The first-order chi connectivity index (χ1) is 8.54. The van der Waals surface area contributed by atoms with Crippen molar-refractivity contribution >= 4 is 17.4 Å². The SMILES string of the molecule is CNc1nc(-c2cccc(Cl)c2F)nc(C)c1C. The number of nitrogens with zero attached hydrogens (tertiary/aromatic N) is 2. The van der Waals surface area contributed by atoms with Gasteiger partial charge in [0.15, 0.2) is 11.6 Å². The first-order valence-corrected chi connectivity index (χ1v) is 5.89. The number of hydrogen-bond donors (Lipinski definition) is 1. The van der Waals surface area contributed by atoms with E-state index in [-0.39, 0.29) is 5.02 Å². The lowest BCUT2D eigenvalue weighted by Crippen LogP contribution is -2.03. The van der Waals surface area contributed by atoms with E-state index < -0.39 is 5.82 Å². The molecule has 94 valence electrons. The fourth-order valence-corrected chi connectivity index (χ4v) is 1.84. The van der Waals surface area contributed by atoms with Crippen LogP contribution in [0.3, 0.4) is 0 Å². The molecule has 18 heavy (non-hydrogen) atoms. The molecule has 5 heteroatoms. The van der Waals surface area contributed by atoms with E-state index in [1.807, 2.05) is 13.8 Å². The third kappa shape index (κ3) is 2.16. The molecule has 1 N–H and O–H groups in total. The third-order valence-electron chi connectivity index (χ3n) is 2.82. The predicted octanol–water partition coefficient (Wildman–Crippen LogP) is 3.59. The molecular formula is C13H13ClFN3. The lowest BCUT2D eigenvalue weighted by molar-refractivity contribution is 0.630. The smallest absolute Gasteiger partial charge is 0.164 e. The normalized spacial score (nSPS) is 10.5. The summed E-state index contributed by atoms with van der Waals surface area (Å²) in [7, 11) is 1.77. The minimum atomic E-state index is -0.496. The number of anilines is 1. The molecule has 0 fully saturated rings. The Labute approximate surface area is 110 Å². The van der Waals surface area contributed by atoms with E-state index in [2.05, 4.69) is 15.3 Å². The van der Waals surface area contributed by atoms with E-state index in [1.165, 1.54) is 6.07 Å². The Morgan fingerprint density at radius 3 is 2.61 bits per heavy atom. The van der Waals surface area contributed by atoms with Gasteiger partial charge in [-0.1, -0.05) is 17.7 Å². The standard InChI is InChI=1S/C13H13ClFN3/c1-7-8(2)17-13(18-12(7)16-3)9-5-4-6-10(14)11(9)15/h4-6H,1-3H3,(H,16,17,18). The van der Waals surface area contributed by atoms with Crippen LogP contribution >= 0.6 is 11.6 Å². The maximum absolute atomic E-state index is 13.9. The molecule has 0 saturated heterocycles.